The van der Waals surface area contributed by atoms with Crippen molar-refractivity contribution in [3.63, 3.8) is 0 Å². The van der Waals surface area contributed by atoms with Gasteiger partial charge in [-0.2, -0.15) is 0 Å². The lowest BCUT2D eigenvalue weighted by Gasteiger charge is -2.18. The van der Waals surface area contributed by atoms with Gasteiger partial charge in [0.2, 0.25) is 0 Å². The lowest BCUT2D eigenvalue weighted by Crippen LogP contribution is -2.31. The number of amides is 2. The summed E-state index contributed by atoms with van der Waals surface area (Å²) in [6.45, 7) is 0. The van der Waals surface area contributed by atoms with Crippen LogP contribution in [0.3, 0.4) is 0 Å². The fourth-order valence-electron chi connectivity index (χ4n) is 3.59. The molecule has 8 heteroatoms. The summed E-state index contributed by atoms with van der Waals surface area (Å²) in [5.41, 5.74) is 6.02. The number of rotatable bonds is 5. The molecule has 8 nitrogen and oxygen atoms in total. The van der Waals surface area contributed by atoms with Crippen molar-refractivity contribution >= 4 is 28.4 Å². The third-order valence-electron chi connectivity index (χ3n) is 5.39. The predicted molar refractivity (Wildman–Crippen MR) is 130 cm³/mol. The third-order valence-corrected chi connectivity index (χ3v) is 5.39. The number of aromatic nitrogens is 4. The van der Waals surface area contributed by atoms with Crippen molar-refractivity contribution in [3.8, 4) is 28.5 Å². The van der Waals surface area contributed by atoms with Gasteiger partial charge in [-0.3, -0.25) is 4.90 Å². The first-order chi connectivity index (χ1) is 16.1. The Morgan fingerprint density at radius 1 is 0.879 bits per heavy atom. The number of H-pyrrole nitrogens is 2. The average Bonchev–Trinajstić information content (AvgIpc) is 3.57. The summed E-state index contributed by atoms with van der Waals surface area (Å²) >= 11 is 0. The molecular formula is C25H22N6O2. The Bertz CT molecular complexity index is 1390. The first-order valence-corrected chi connectivity index (χ1v) is 10.4. The summed E-state index contributed by atoms with van der Waals surface area (Å²) in [5, 5.41) is 2.93. The van der Waals surface area contributed by atoms with E-state index in [1.54, 1.807) is 14.2 Å². The zero-order valence-electron chi connectivity index (χ0n) is 18.2. The fraction of sp³-hybridized carbons (Fsp3) is 0.0800. The molecule has 0 saturated heterocycles. The van der Waals surface area contributed by atoms with Crippen LogP contribution in [0.1, 0.15) is 0 Å². The van der Waals surface area contributed by atoms with E-state index in [4.69, 9.17) is 14.7 Å². The van der Waals surface area contributed by atoms with E-state index in [0.29, 0.717) is 11.2 Å². The van der Waals surface area contributed by atoms with Gasteiger partial charge in [0.1, 0.15) is 17.1 Å². The normalized spacial score (nSPS) is 10.8. The van der Waals surface area contributed by atoms with Gasteiger partial charge in [0.15, 0.2) is 0 Å². The van der Waals surface area contributed by atoms with E-state index in [2.05, 4.69) is 15.3 Å². The van der Waals surface area contributed by atoms with Gasteiger partial charge in [0, 0.05) is 30.8 Å². The summed E-state index contributed by atoms with van der Waals surface area (Å²) in [4.78, 5) is 30.5. The second-order valence-corrected chi connectivity index (χ2v) is 7.48. The highest BCUT2D eigenvalue weighted by Crippen LogP contribution is 2.30. The number of fused-ring (bicyclic) bond motifs is 1. The zero-order valence-corrected chi connectivity index (χ0v) is 18.2. The fourth-order valence-corrected chi connectivity index (χ4v) is 3.59. The number of anilines is 2. The van der Waals surface area contributed by atoms with Crippen LogP contribution in [0.4, 0.5) is 16.2 Å². The van der Waals surface area contributed by atoms with Crippen molar-refractivity contribution in [1.29, 1.82) is 0 Å². The van der Waals surface area contributed by atoms with Gasteiger partial charge in [0.25, 0.3) is 0 Å². The Kier molecular flexibility index (Phi) is 5.24. The molecule has 0 aliphatic heterocycles. The van der Waals surface area contributed by atoms with Crippen molar-refractivity contribution in [2.24, 2.45) is 0 Å². The van der Waals surface area contributed by atoms with Crippen molar-refractivity contribution in [2.45, 2.75) is 0 Å². The summed E-state index contributed by atoms with van der Waals surface area (Å²) < 4.78 is 5.18. The zero-order chi connectivity index (χ0) is 22.8. The van der Waals surface area contributed by atoms with Crippen LogP contribution in [0, 0.1) is 0 Å². The van der Waals surface area contributed by atoms with Gasteiger partial charge < -0.3 is 20.0 Å². The molecule has 0 unspecified atom stereocenters. The lowest BCUT2D eigenvalue weighted by atomic mass is 10.1. The van der Waals surface area contributed by atoms with Gasteiger partial charge in [-0.1, -0.05) is 0 Å². The smallest absolute Gasteiger partial charge is 0.326 e. The number of carbonyl (C=O) groups is 1. The molecule has 5 aromatic rings. The Labute approximate surface area is 190 Å². The topological polar surface area (TPSA) is 98.9 Å². The van der Waals surface area contributed by atoms with Crippen molar-refractivity contribution < 1.29 is 9.53 Å². The van der Waals surface area contributed by atoms with Crippen LogP contribution < -0.4 is 15.0 Å². The van der Waals surface area contributed by atoms with Crippen LogP contribution in [-0.4, -0.2) is 40.1 Å². The van der Waals surface area contributed by atoms with Gasteiger partial charge in [-0.25, -0.2) is 14.8 Å². The molecular weight excluding hydrogens is 416 g/mol. The molecule has 3 aromatic heterocycles. The minimum atomic E-state index is -0.264. The SMILES string of the molecule is COc1ccc(N(C)C(=O)Nc2ccc3nc(-c4ccc[nH]4)c(-c4ccc[nH]4)nc3c2)cc1. The van der Waals surface area contributed by atoms with Gasteiger partial charge in [0.05, 0.1) is 29.5 Å². The number of urea groups is 1. The molecule has 164 valence electrons. The second kappa shape index (κ2) is 8.51. The molecule has 3 N–H and O–H groups in total. The highest BCUT2D eigenvalue weighted by molar-refractivity contribution is 6.02. The first kappa shape index (κ1) is 20.3. The molecule has 0 saturated carbocycles. The Balaban J connectivity index is 1.46. The van der Waals surface area contributed by atoms with E-state index in [1.165, 1.54) is 4.90 Å². The molecule has 0 aliphatic carbocycles. The first-order valence-electron chi connectivity index (χ1n) is 10.4. The maximum atomic E-state index is 12.8. The van der Waals surface area contributed by atoms with E-state index in [9.17, 15) is 4.79 Å². The van der Waals surface area contributed by atoms with Crippen LogP contribution in [0.25, 0.3) is 33.8 Å². The Morgan fingerprint density at radius 3 is 2.09 bits per heavy atom. The van der Waals surface area contributed by atoms with Gasteiger partial charge in [-0.05, 0) is 66.7 Å². The van der Waals surface area contributed by atoms with Gasteiger partial charge in [-0.15, -0.1) is 0 Å². The average molecular weight is 438 g/mol. The molecule has 0 radical (unpaired) electrons. The van der Waals surface area contributed by atoms with Crippen molar-refractivity contribution in [1.82, 2.24) is 19.9 Å². The summed E-state index contributed by atoms with van der Waals surface area (Å²) in [7, 11) is 3.32. The van der Waals surface area contributed by atoms with Crippen molar-refractivity contribution in [2.75, 3.05) is 24.4 Å². The molecule has 5 rings (SSSR count). The van der Waals surface area contributed by atoms with E-state index < -0.39 is 0 Å². The number of nitrogens with zero attached hydrogens (tertiary/aromatic N) is 3. The quantitative estimate of drug-likeness (QED) is 0.347. The largest absolute Gasteiger partial charge is 0.497 e. The number of carbonyl (C=O) groups excluding carboxylic acids is 1. The molecule has 2 aromatic carbocycles. The van der Waals surface area contributed by atoms with Crippen LogP contribution in [-0.2, 0) is 0 Å². The van der Waals surface area contributed by atoms with E-state index in [1.807, 2.05) is 79.1 Å². The molecule has 3 heterocycles. The number of methoxy groups -OCH3 is 1. The minimum Gasteiger partial charge on any atom is -0.497 e. The highest BCUT2D eigenvalue weighted by atomic mass is 16.5. The molecule has 0 aliphatic rings. The van der Waals surface area contributed by atoms with Gasteiger partial charge >= 0.3 is 6.03 Å². The summed E-state index contributed by atoms with van der Waals surface area (Å²) in [6, 6.07) is 20.3. The molecule has 0 spiro atoms. The van der Waals surface area contributed by atoms with E-state index in [-0.39, 0.29) is 6.03 Å². The summed E-state index contributed by atoms with van der Waals surface area (Å²) in [5.74, 6) is 0.734. The van der Waals surface area contributed by atoms with Crippen LogP contribution in [0.2, 0.25) is 0 Å². The lowest BCUT2D eigenvalue weighted by molar-refractivity contribution is 0.258. The Morgan fingerprint density at radius 2 is 1.52 bits per heavy atom. The molecule has 0 fully saturated rings. The number of aromatic amines is 2. The number of hydrogen-bond acceptors (Lipinski definition) is 4. The van der Waals surface area contributed by atoms with Crippen LogP contribution >= 0.6 is 0 Å². The number of ether oxygens (including phenoxy) is 1. The minimum absolute atomic E-state index is 0.264. The van der Waals surface area contributed by atoms with Crippen LogP contribution in [0.15, 0.2) is 79.1 Å². The standard InChI is InChI=1S/C25H22N6O2/c1-31(17-8-10-18(33-2)11-9-17)25(32)28-16-7-12-19-22(15-16)30-24(21-6-4-14-27-21)23(29-19)20-5-3-13-26-20/h3-15,26-27H,1-2H3,(H,28,32). The second-order valence-electron chi connectivity index (χ2n) is 7.48. The number of benzene rings is 2. The van der Waals surface area contributed by atoms with E-state index >= 15 is 0 Å². The number of nitrogens with one attached hydrogen (secondary N) is 3. The molecule has 0 atom stereocenters. The molecule has 0 bridgehead atoms. The van der Waals surface area contributed by atoms with Crippen molar-refractivity contribution in [3.05, 3.63) is 79.1 Å². The highest BCUT2D eigenvalue weighted by Gasteiger charge is 2.16. The number of hydrogen-bond donors (Lipinski definition) is 3. The maximum absolute atomic E-state index is 12.8. The summed E-state index contributed by atoms with van der Waals surface area (Å²) in [6.07, 6.45) is 3.71. The predicted octanol–water partition coefficient (Wildman–Crippen LogP) is 5.30. The third kappa shape index (κ3) is 4.01. The maximum Gasteiger partial charge on any atom is 0.326 e. The Hall–Kier alpha value is -4.59. The molecule has 2 amide bonds. The van der Waals surface area contributed by atoms with Crippen LogP contribution in [0.5, 0.6) is 5.75 Å². The monoisotopic (exact) mass is 438 g/mol. The van der Waals surface area contributed by atoms with E-state index in [0.717, 1.165) is 39.7 Å². The molecule has 33 heavy (non-hydrogen) atoms.